The van der Waals surface area contributed by atoms with Crippen molar-refractivity contribution >= 4 is 5.78 Å². The molecule has 4 heteroatoms. The van der Waals surface area contributed by atoms with Crippen molar-refractivity contribution in [3.63, 3.8) is 0 Å². The van der Waals surface area contributed by atoms with Gasteiger partial charge < -0.3 is 14.9 Å². The summed E-state index contributed by atoms with van der Waals surface area (Å²) in [4.78, 5) is 15.9. The topological polar surface area (TPSA) is 46.2 Å². The average Bonchev–Trinajstić information content (AvgIpc) is 2.47. The highest BCUT2D eigenvalue weighted by Crippen LogP contribution is 2.39. The summed E-state index contributed by atoms with van der Waals surface area (Å²) in [5.41, 5.74) is 2.06. The number of carbonyl (C=O) groups excluding carboxylic acids is 1. The molecule has 140 valence electrons. The molecule has 0 unspecified atom stereocenters. The van der Waals surface area contributed by atoms with Crippen LogP contribution in [-0.2, 0) is 10.8 Å². The first-order chi connectivity index (χ1) is 11.4. The van der Waals surface area contributed by atoms with Crippen LogP contribution in [0, 0.1) is 0 Å². The summed E-state index contributed by atoms with van der Waals surface area (Å²) in [7, 11) is 2.21. The van der Waals surface area contributed by atoms with Gasteiger partial charge in [0.05, 0.1) is 7.05 Å². The molecular weight excluding hydrogens is 312 g/mol. The number of hydrogen-bond donors (Lipinski definition) is 3. The molecule has 0 saturated carbocycles. The van der Waals surface area contributed by atoms with Crippen LogP contribution in [0.25, 0.3) is 0 Å². The molecule has 0 spiro atoms. The fourth-order valence-electron chi connectivity index (χ4n) is 3.48. The molecule has 1 aliphatic heterocycles. The molecule has 2 rings (SSSR count). The number of phenolic OH excluding ortho intramolecular Hbond substituents is 1. The third kappa shape index (κ3) is 4.83. The summed E-state index contributed by atoms with van der Waals surface area (Å²) in [5, 5.41) is 10.8. The Morgan fingerprint density at radius 3 is 1.80 bits per heavy atom. The quantitative estimate of drug-likeness (QED) is 0.700. The predicted molar refractivity (Wildman–Crippen MR) is 102 cm³/mol. The van der Waals surface area contributed by atoms with Crippen molar-refractivity contribution in [2.75, 3.05) is 39.8 Å². The van der Waals surface area contributed by atoms with Crippen molar-refractivity contribution in [3.05, 3.63) is 28.8 Å². The van der Waals surface area contributed by atoms with E-state index in [4.69, 9.17) is 0 Å². The van der Waals surface area contributed by atoms with Gasteiger partial charge in [-0.25, -0.2) is 0 Å². The van der Waals surface area contributed by atoms with E-state index in [9.17, 15) is 9.90 Å². The molecule has 3 N–H and O–H groups in total. The Labute approximate surface area is 152 Å². The normalized spacial score (nSPS) is 22.0. The molecule has 1 aromatic rings. The van der Waals surface area contributed by atoms with Crippen LogP contribution in [0.15, 0.2) is 12.1 Å². The summed E-state index contributed by atoms with van der Waals surface area (Å²) < 4.78 is 0. The number of likely N-dealkylation sites (N-methyl/N-ethyl adjacent to an activating group) is 1. The second-order valence-electron chi connectivity index (χ2n) is 9.73. The summed E-state index contributed by atoms with van der Waals surface area (Å²) in [6.45, 7) is 17.4. The van der Waals surface area contributed by atoms with Crippen molar-refractivity contribution < 1.29 is 19.7 Å². The molecule has 0 bridgehead atoms. The molecule has 0 atom stereocenters. The lowest BCUT2D eigenvalue weighted by atomic mass is 9.78. The van der Waals surface area contributed by atoms with Crippen LogP contribution in [0.2, 0.25) is 0 Å². The Kier molecular flexibility index (Phi) is 5.65. The van der Waals surface area contributed by atoms with E-state index in [0.717, 1.165) is 42.9 Å². The second kappa shape index (κ2) is 7.08. The number of phenols is 1. The van der Waals surface area contributed by atoms with Crippen LogP contribution in [-0.4, -0.2) is 50.7 Å². The number of ketones is 1. The fraction of sp³-hybridized carbons (Fsp3) is 0.667. The largest absolute Gasteiger partial charge is 0.507 e. The predicted octanol–water partition coefficient (Wildman–Crippen LogP) is 0.583. The maximum Gasteiger partial charge on any atom is 0.216 e. The van der Waals surface area contributed by atoms with Crippen molar-refractivity contribution in [2.24, 2.45) is 0 Å². The first-order valence-corrected chi connectivity index (χ1v) is 9.45. The Morgan fingerprint density at radius 1 is 0.960 bits per heavy atom. The number of carbonyl (C=O) groups is 1. The van der Waals surface area contributed by atoms with Gasteiger partial charge in [-0.05, 0) is 23.0 Å². The van der Waals surface area contributed by atoms with Gasteiger partial charge in [0.1, 0.15) is 38.5 Å². The van der Waals surface area contributed by atoms with E-state index >= 15 is 0 Å². The summed E-state index contributed by atoms with van der Waals surface area (Å²) in [5.74, 6) is 0.526. The zero-order chi connectivity index (χ0) is 19.0. The number of benzene rings is 1. The standard InChI is InChI=1S/C21H34N2O2/c1-20(2,3)16-12-15(13-17(19(16)25)21(4,5)6)18(24)14-23-10-8-22(7)9-11-23/h12-13,25H,8-11,14H2,1-7H3/p+2. The van der Waals surface area contributed by atoms with Crippen LogP contribution < -0.4 is 9.80 Å². The number of hydrogen-bond acceptors (Lipinski definition) is 2. The Morgan fingerprint density at radius 2 is 1.40 bits per heavy atom. The average molecular weight is 349 g/mol. The molecule has 1 heterocycles. The molecule has 0 aromatic heterocycles. The third-order valence-electron chi connectivity index (χ3n) is 5.27. The summed E-state index contributed by atoms with van der Waals surface area (Å²) in [6.07, 6.45) is 0. The smallest absolute Gasteiger partial charge is 0.216 e. The van der Waals surface area contributed by atoms with Crippen LogP contribution in [0.5, 0.6) is 5.75 Å². The zero-order valence-corrected chi connectivity index (χ0v) is 17.0. The minimum absolute atomic E-state index is 0.186. The van der Waals surface area contributed by atoms with Crippen molar-refractivity contribution in [1.82, 2.24) is 0 Å². The SMILES string of the molecule is C[NH+]1CC[NH+](CC(=O)c2cc(C(C)(C)C)c(O)c(C(C)(C)C)c2)CC1. The summed E-state index contributed by atoms with van der Waals surface area (Å²) in [6, 6.07) is 3.82. The molecule has 0 aliphatic carbocycles. The van der Waals surface area contributed by atoms with Gasteiger partial charge in [-0.2, -0.15) is 0 Å². The highest BCUT2D eigenvalue weighted by Gasteiger charge is 2.29. The highest BCUT2D eigenvalue weighted by atomic mass is 16.3. The molecule has 1 fully saturated rings. The lowest BCUT2D eigenvalue weighted by molar-refractivity contribution is -0.999. The highest BCUT2D eigenvalue weighted by molar-refractivity contribution is 5.97. The lowest BCUT2D eigenvalue weighted by Gasteiger charge is -2.29. The molecule has 1 aliphatic rings. The minimum Gasteiger partial charge on any atom is -0.507 e. The van der Waals surface area contributed by atoms with Crippen LogP contribution in [0.4, 0.5) is 0 Å². The second-order valence-corrected chi connectivity index (χ2v) is 9.73. The maximum absolute atomic E-state index is 13.0. The number of rotatable bonds is 3. The van der Waals surface area contributed by atoms with Crippen LogP contribution >= 0.6 is 0 Å². The first-order valence-electron chi connectivity index (χ1n) is 9.45. The summed E-state index contributed by atoms with van der Waals surface area (Å²) >= 11 is 0. The van der Waals surface area contributed by atoms with E-state index < -0.39 is 0 Å². The Hall–Kier alpha value is -1.39. The first kappa shape index (κ1) is 19.9. The van der Waals surface area contributed by atoms with Gasteiger partial charge in [-0.15, -0.1) is 0 Å². The number of quaternary nitrogens is 2. The monoisotopic (exact) mass is 348 g/mol. The van der Waals surface area contributed by atoms with Crippen LogP contribution in [0.1, 0.15) is 63.0 Å². The van der Waals surface area contributed by atoms with E-state index in [-0.39, 0.29) is 16.6 Å². The van der Waals surface area contributed by atoms with E-state index in [1.807, 2.05) is 12.1 Å². The number of Topliss-reactive ketones (excluding diaryl/α,β-unsaturated/α-hetero) is 1. The van der Waals surface area contributed by atoms with Crippen molar-refractivity contribution in [1.29, 1.82) is 0 Å². The van der Waals surface area contributed by atoms with Gasteiger partial charge in [-0.1, -0.05) is 41.5 Å². The lowest BCUT2D eigenvalue weighted by Crippen LogP contribution is -3.27. The van der Waals surface area contributed by atoms with Crippen LogP contribution in [0.3, 0.4) is 0 Å². The number of nitrogens with one attached hydrogen (secondary N) is 2. The van der Waals surface area contributed by atoms with Crippen molar-refractivity contribution in [3.8, 4) is 5.75 Å². The van der Waals surface area contributed by atoms with Gasteiger partial charge in [0.2, 0.25) is 5.78 Å². The number of piperazine rings is 1. The fourth-order valence-corrected chi connectivity index (χ4v) is 3.48. The van der Waals surface area contributed by atoms with Crippen molar-refractivity contribution in [2.45, 2.75) is 52.4 Å². The van der Waals surface area contributed by atoms with Gasteiger partial charge in [0.15, 0.2) is 0 Å². The van der Waals surface area contributed by atoms with Gasteiger partial charge in [0, 0.05) is 16.7 Å². The molecule has 1 aromatic carbocycles. The maximum atomic E-state index is 13.0. The van der Waals surface area contributed by atoms with Gasteiger partial charge >= 0.3 is 0 Å². The van der Waals surface area contributed by atoms with E-state index in [2.05, 4.69) is 48.6 Å². The third-order valence-corrected chi connectivity index (χ3v) is 5.27. The molecule has 0 radical (unpaired) electrons. The Bertz CT molecular complexity index is 595. The molecular formula is C21H36N2O2+2. The molecule has 0 amide bonds. The molecule has 4 nitrogen and oxygen atoms in total. The molecule has 1 saturated heterocycles. The van der Waals surface area contributed by atoms with E-state index in [1.54, 1.807) is 4.90 Å². The molecule has 25 heavy (non-hydrogen) atoms. The van der Waals surface area contributed by atoms with E-state index in [1.165, 1.54) is 4.90 Å². The number of aromatic hydroxyl groups is 1. The Balaban J connectivity index is 2.35. The van der Waals surface area contributed by atoms with Gasteiger partial charge in [-0.3, -0.25) is 4.79 Å². The minimum atomic E-state index is -0.204. The van der Waals surface area contributed by atoms with E-state index in [0.29, 0.717) is 12.3 Å². The van der Waals surface area contributed by atoms with Gasteiger partial charge in [0.25, 0.3) is 0 Å². The zero-order valence-electron chi connectivity index (χ0n) is 17.0.